The van der Waals surface area contributed by atoms with Gasteiger partial charge in [-0.25, -0.2) is 9.78 Å². The lowest BCUT2D eigenvalue weighted by Gasteiger charge is -2.13. The summed E-state index contributed by atoms with van der Waals surface area (Å²) < 4.78 is 1.14. The predicted molar refractivity (Wildman–Crippen MR) is 69.3 cm³/mol. The van der Waals surface area contributed by atoms with Crippen molar-refractivity contribution in [3.63, 3.8) is 0 Å². The summed E-state index contributed by atoms with van der Waals surface area (Å²) in [5, 5.41) is 15.8. The van der Waals surface area contributed by atoms with Gasteiger partial charge >= 0.3 is 5.97 Å². The summed E-state index contributed by atoms with van der Waals surface area (Å²) in [6.07, 6.45) is 0.413. The minimum Gasteiger partial charge on any atom is -0.480 e. The Bertz CT molecular complexity index is 680. The predicted octanol–water partition coefficient (Wildman–Crippen LogP) is 0.673. The summed E-state index contributed by atoms with van der Waals surface area (Å²) in [5.41, 5.74) is 0.748. The molecule has 0 aliphatic carbocycles. The average Bonchev–Trinajstić information content (AvgIpc) is 2.35. The molecule has 0 aliphatic heterocycles. The molecular formula is C12H14N4O3. The normalized spacial score (nSPS) is 12.3. The van der Waals surface area contributed by atoms with Crippen molar-refractivity contribution in [1.82, 2.24) is 14.6 Å². The summed E-state index contributed by atoms with van der Waals surface area (Å²) in [5.74, 6) is -0.631. The maximum Gasteiger partial charge on any atom is 0.326 e. The van der Waals surface area contributed by atoms with Crippen molar-refractivity contribution in [2.75, 3.05) is 5.32 Å². The van der Waals surface area contributed by atoms with Crippen molar-refractivity contribution in [3.05, 3.63) is 34.2 Å². The van der Waals surface area contributed by atoms with Gasteiger partial charge in [-0.05, 0) is 25.5 Å². The smallest absolute Gasteiger partial charge is 0.326 e. The Kier molecular flexibility index (Phi) is 3.46. The second kappa shape index (κ2) is 5.05. The lowest BCUT2D eigenvalue weighted by molar-refractivity contribution is -0.137. The highest BCUT2D eigenvalue weighted by molar-refractivity contribution is 5.76. The number of carboxylic acids is 1. The summed E-state index contributed by atoms with van der Waals surface area (Å²) in [6.45, 7) is 3.48. The van der Waals surface area contributed by atoms with E-state index >= 15 is 0 Å². The molecule has 0 saturated heterocycles. The molecule has 0 spiro atoms. The Labute approximate surface area is 108 Å². The molecule has 2 heterocycles. The van der Waals surface area contributed by atoms with Crippen molar-refractivity contribution >= 4 is 17.4 Å². The fourth-order valence-corrected chi connectivity index (χ4v) is 1.71. The van der Waals surface area contributed by atoms with E-state index in [1.807, 2.05) is 0 Å². The second-order valence-corrected chi connectivity index (χ2v) is 4.17. The van der Waals surface area contributed by atoms with E-state index in [4.69, 9.17) is 5.11 Å². The van der Waals surface area contributed by atoms with Crippen LogP contribution in [0.4, 0.5) is 5.82 Å². The minimum atomic E-state index is -0.959. The molecule has 2 aromatic rings. The van der Waals surface area contributed by atoms with Crippen LogP contribution in [0.5, 0.6) is 0 Å². The van der Waals surface area contributed by atoms with Crippen LogP contribution in [-0.4, -0.2) is 31.7 Å². The van der Waals surface area contributed by atoms with Crippen LogP contribution in [0.2, 0.25) is 0 Å². The van der Waals surface area contributed by atoms with Crippen molar-refractivity contribution in [2.24, 2.45) is 0 Å². The summed E-state index contributed by atoms with van der Waals surface area (Å²) in [7, 11) is 0. The van der Waals surface area contributed by atoms with Gasteiger partial charge in [0.25, 0.3) is 5.56 Å². The molecule has 7 heteroatoms. The Morgan fingerprint density at radius 3 is 2.89 bits per heavy atom. The number of aryl methyl sites for hydroxylation is 1. The van der Waals surface area contributed by atoms with Gasteiger partial charge in [0, 0.05) is 11.8 Å². The molecule has 0 bridgehead atoms. The molecule has 0 saturated carbocycles. The molecule has 0 aromatic carbocycles. The zero-order chi connectivity index (χ0) is 14.0. The fraction of sp³-hybridized carbons (Fsp3) is 0.333. The Balaban J connectivity index is 2.42. The van der Waals surface area contributed by atoms with Crippen LogP contribution in [0.15, 0.2) is 23.0 Å². The largest absolute Gasteiger partial charge is 0.480 e. The zero-order valence-corrected chi connectivity index (χ0v) is 10.6. The van der Waals surface area contributed by atoms with Gasteiger partial charge in [-0.3, -0.25) is 4.79 Å². The van der Waals surface area contributed by atoms with E-state index in [-0.39, 0.29) is 5.56 Å². The Morgan fingerprint density at radius 1 is 1.53 bits per heavy atom. The van der Waals surface area contributed by atoms with Crippen LogP contribution < -0.4 is 10.9 Å². The van der Waals surface area contributed by atoms with Gasteiger partial charge in [0.05, 0.1) is 0 Å². The van der Waals surface area contributed by atoms with Gasteiger partial charge < -0.3 is 10.4 Å². The van der Waals surface area contributed by atoms with Crippen LogP contribution in [0.3, 0.4) is 0 Å². The Hall–Kier alpha value is -2.44. The number of rotatable bonds is 4. The molecule has 19 heavy (non-hydrogen) atoms. The molecule has 2 N–H and O–H groups in total. The number of nitrogens with one attached hydrogen (secondary N) is 1. The lowest BCUT2D eigenvalue weighted by atomic mass is 10.2. The first-order valence-corrected chi connectivity index (χ1v) is 5.88. The highest BCUT2D eigenvalue weighted by atomic mass is 16.4. The zero-order valence-electron chi connectivity index (χ0n) is 10.6. The number of aromatic nitrogens is 3. The number of nitrogens with zero attached hydrogens (tertiary/aromatic N) is 3. The van der Waals surface area contributed by atoms with Crippen LogP contribution in [0.25, 0.3) is 5.65 Å². The third-order valence-corrected chi connectivity index (χ3v) is 2.68. The number of hydrogen-bond donors (Lipinski definition) is 2. The number of fused-ring (bicyclic) bond motifs is 1. The molecular weight excluding hydrogens is 248 g/mol. The van der Waals surface area contributed by atoms with Crippen LogP contribution in [0, 0.1) is 6.92 Å². The maximum absolute atomic E-state index is 11.8. The molecule has 2 rings (SSSR count). The Morgan fingerprint density at radius 2 is 2.26 bits per heavy atom. The number of anilines is 1. The van der Waals surface area contributed by atoms with Gasteiger partial charge in [0.15, 0.2) is 5.65 Å². The third-order valence-electron chi connectivity index (χ3n) is 2.68. The average molecular weight is 262 g/mol. The van der Waals surface area contributed by atoms with E-state index in [0.29, 0.717) is 23.6 Å². The highest BCUT2D eigenvalue weighted by Gasteiger charge is 2.15. The van der Waals surface area contributed by atoms with Gasteiger partial charge in [-0.1, -0.05) is 6.92 Å². The molecule has 0 fully saturated rings. The van der Waals surface area contributed by atoms with Crippen molar-refractivity contribution in [2.45, 2.75) is 26.3 Å². The monoisotopic (exact) mass is 262 g/mol. The third kappa shape index (κ3) is 2.70. The van der Waals surface area contributed by atoms with E-state index in [1.54, 1.807) is 26.0 Å². The molecule has 7 nitrogen and oxygen atoms in total. The second-order valence-electron chi connectivity index (χ2n) is 4.17. The number of hydrogen-bond acceptors (Lipinski definition) is 5. The number of aliphatic carboxylic acids is 1. The van der Waals surface area contributed by atoms with E-state index in [0.717, 1.165) is 4.52 Å². The maximum atomic E-state index is 11.8. The SMILES string of the molecule is CCC(Nc1ccc2nc(C)cc(=O)n2n1)C(=O)O. The summed E-state index contributed by atoms with van der Waals surface area (Å²) >= 11 is 0. The van der Waals surface area contributed by atoms with E-state index < -0.39 is 12.0 Å². The fourth-order valence-electron chi connectivity index (χ4n) is 1.71. The molecule has 0 aliphatic rings. The highest BCUT2D eigenvalue weighted by Crippen LogP contribution is 2.07. The van der Waals surface area contributed by atoms with Crippen molar-refractivity contribution in [1.29, 1.82) is 0 Å². The van der Waals surface area contributed by atoms with Crippen molar-refractivity contribution < 1.29 is 9.90 Å². The molecule has 1 atom stereocenters. The van der Waals surface area contributed by atoms with E-state index in [2.05, 4.69) is 15.4 Å². The van der Waals surface area contributed by atoms with Gasteiger partial charge in [0.1, 0.15) is 11.9 Å². The molecule has 2 aromatic heterocycles. The first kappa shape index (κ1) is 13.0. The topological polar surface area (TPSA) is 96.6 Å². The number of carboxylic acid groups (broad SMARTS) is 1. The van der Waals surface area contributed by atoms with Gasteiger partial charge in [-0.2, -0.15) is 4.52 Å². The van der Waals surface area contributed by atoms with E-state index in [1.165, 1.54) is 6.07 Å². The first-order valence-electron chi connectivity index (χ1n) is 5.88. The van der Waals surface area contributed by atoms with Gasteiger partial charge in [0.2, 0.25) is 0 Å². The first-order chi connectivity index (χ1) is 9.01. The quantitative estimate of drug-likeness (QED) is 0.840. The minimum absolute atomic E-state index is 0.297. The van der Waals surface area contributed by atoms with Crippen LogP contribution in [-0.2, 0) is 4.79 Å². The molecule has 0 amide bonds. The standard InChI is InChI=1S/C12H14N4O3/c1-3-8(12(18)19)14-9-4-5-10-13-7(2)6-11(17)16(10)15-9/h4-6,8H,3H2,1-2H3,(H,14,15)(H,18,19). The molecule has 0 radical (unpaired) electrons. The number of carbonyl (C=O) groups is 1. The summed E-state index contributed by atoms with van der Waals surface area (Å²) in [6, 6.07) is 3.86. The van der Waals surface area contributed by atoms with Crippen LogP contribution >= 0.6 is 0 Å². The molecule has 1 unspecified atom stereocenters. The van der Waals surface area contributed by atoms with Crippen molar-refractivity contribution in [3.8, 4) is 0 Å². The van der Waals surface area contributed by atoms with E-state index in [9.17, 15) is 9.59 Å². The summed E-state index contributed by atoms with van der Waals surface area (Å²) in [4.78, 5) is 26.9. The lowest BCUT2D eigenvalue weighted by Crippen LogP contribution is -2.29. The molecule has 100 valence electrons. The van der Waals surface area contributed by atoms with Crippen LogP contribution in [0.1, 0.15) is 19.0 Å². The van der Waals surface area contributed by atoms with Gasteiger partial charge in [-0.15, -0.1) is 5.10 Å².